The van der Waals surface area contributed by atoms with E-state index in [0.29, 0.717) is 36.7 Å². The number of carbonyl (C=O) groups is 1. The van der Waals surface area contributed by atoms with E-state index in [4.69, 9.17) is 0 Å². The molecule has 4 aromatic rings. The maximum absolute atomic E-state index is 13.9. The summed E-state index contributed by atoms with van der Waals surface area (Å²) in [5, 5.41) is 7.96. The van der Waals surface area contributed by atoms with Crippen molar-refractivity contribution in [2.75, 3.05) is 18.0 Å². The number of nitrogens with zero attached hydrogens (tertiary/aromatic N) is 5. The van der Waals surface area contributed by atoms with Gasteiger partial charge in [-0.25, -0.2) is 27.8 Å². The molecule has 1 aliphatic heterocycles. The zero-order valence-electron chi connectivity index (χ0n) is 18.1. The predicted molar refractivity (Wildman–Crippen MR) is 120 cm³/mol. The average Bonchev–Trinajstić information content (AvgIpc) is 3.28. The quantitative estimate of drug-likeness (QED) is 0.485. The first-order valence-corrected chi connectivity index (χ1v) is 10.9. The summed E-state index contributed by atoms with van der Waals surface area (Å²) in [6.45, 7) is 1.14. The second-order valence-corrected chi connectivity index (χ2v) is 8.22. The number of amides is 1. The van der Waals surface area contributed by atoms with E-state index in [-0.39, 0.29) is 29.8 Å². The molecule has 1 N–H and O–H groups in total. The summed E-state index contributed by atoms with van der Waals surface area (Å²) in [5.41, 5.74) is 1.41. The van der Waals surface area contributed by atoms with Crippen LogP contribution in [0.5, 0.6) is 0 Å². The number of halogens is 3. The van der Waals surface area contributed by atoms with Crippen molar-refractivity contribution in [2.45, 2.75) is 19.4 Å². The summed E-state index contributed by atoms with van der Waals surface area (Å²) in [5.74, 6) is -1.52. The Balaban J connectivity index is 1.32. The molecule has 1 saturated heterocycles. The Bertz CT molecular complexity index is 1340. The summed E-state index contributed by atoms with van der Waals surface area (Å²) in [6.07, 6.45) is 4.69. The Labute approximate surface area is 193 Å². The lowest BCUT2D eigenvalue weighted by molar-refractivity contribution is -0.125. The van der Waals surface area contributed by atoms with Crippen LogP contribution in [0.15, 0.2) is 55.0 Å². The first-order valence-electron chi connectivity index (χ1n) is 10.9. The maximum atomic E-state index is 13.9. The van der Waals surface area contributed by atoms with Gasteiger partial charge in [0.25, 0.3) is 0 Å². The number of carbonyl (C=O) groups excluding carboxylic acids is 1. The van der Waals surface area contributed by atoms with Gasteiger partial charge in [-0.15, -0.1) is 5.10 Å². The average molecular weight is 466 g/mol. The molecule has 174 valence electrons. The molecule has 0 spiro atoms. The minimum Gasteiger partial charge on any atom is -0.355 e. The normalized spacial score (nSPS) is 16.1. The Morgan fingerprint density at radius 1 is 1.06 bits per heavy atom. The van der Waals surface area contributed by atoms with Crippen LogP contribution in [0, 0.1) is 23.4 Å². The summed E-state index contributed by atoms with van der Waals surface area (Å²) in [7, 11) is 0. The topological polar surface area (TPSA) is 75.9 Å². The van der Waals surface area contributed by atoms with Crippen molar-refractivity contribution in [3.05, 3.63) is 78.0 Å². The standard InChI is InChI=1S/C24H21F3N6O/c25-17-5-7-19(8-6-17)33-13-20-22(31-33)29-14-30-23(20)32-9-1-2-16(12-32)24(34)28-11-15-3-4-18(26)10-21(15)27/h3-8,10,13-14,16H,1-2,9,11-12H2,(H,28,34). The van der Waals surface area contributed by atoms with Crippen molar-refractivity contribution in [3.63, 3.8) is 0 Å². The van der Waals surface area contributed by atoms with Gasteiger partial charge in [0.2, 0.25) is 5.91 Å². The van der Waals surface area contributed by atoms with Crippen LogP contribution in [0.1, 0.15) is 18.4 Å². The molecule has 0 aliphatic carbocycles. The highest BCUT2D eigenvalue weighted by molar-refractivity contribution is 5.87. The fraction of sp³-hybridized carbons (Fsp3) is 0.250. The van der Waals surface area contributed by atoms with Gasteiger partial charge in [0.15, 0.2) is 5.65 Å². The number of anilines is 1. The summed E-state index contributed by atoms with van der Waals surface area (Å²) < 4.78 is 41.9. The Hall–Kier alpha value is -3.95. The largest absolute Gasteiger partial charge is 0.355 e. The fourth-order valence-electron chi connectivity index (χ4n) is 4.18. The number of fused-ring (bicyclic) bond motifs is 1. The SMILES string of the molecule is O=C(NCc1ccc(F)cc1F)C1CCCN(c2ncnc3nn(-c4ccc(F)cc4)cc23)C1. The van der Waals surface area contributed by atoms with E-state index in [9.17, 15) is 18.0 Å². The zero-order chi connectivity index (χ0) is 23.7. The molecule has 1 aliphatic rings. The second-order valence-electron chi connectivity index (χ2n) is 8.22. The highest BCUT2D eigenvalue weighted by Gasteiger charge is 2.28. The third-order valence-corrected chi connectivity index (χ3v) is 5.95. The van der Waals surface area contributed by atoms with Crippen LogP contribution in [0.2, 0.25) is 0 Å². The molecule has 0 bridgehead atoms. The van der Waals surface area contributed by atoms with Crippen molar-refractivity contribution in [1.82, 2.24) is 25.1 Å². The highest BCUT2D eigenvalue weighted by atomic mass is 19.1. The molecule has 34 heavy (non-hydrogen) atoms. The predicted octanol–water partition coefficient (Wildman–Crippen LogP) is 3.77. The Morgan fingerprint density at radius 3 is 2.65 bits per heavy atom. The summed E-state index contributed by atoms with van der Waals surface area (Å²) >= 11 is 0. The van der Waals surface area contributed by atoms with E-state index in [1.807, 2.05) is 4.90 Å². The molecule has 3 heterocycles. The lowest BCUT2D eigenvalue weighted by Gasteiger charge is -2.33. The van der Waals surface area contributed by atoms with E-state index in [2.05, 4.69) is 20.4 Å². The number of rotatable bonds is 5. The van der Waals surface area contributed by atoms with E-state index < -0.39 is 11.6 Å². The second kappa shape index (κ2) is 9.12. The molecule has 0 radical (unpaired) electrons. The van der Waals surface area contributed by atoms with E-state index in [1.165, 1.54) is 30.6 Å². The number of piperidine rings is 1. The van der Waals surface area contributed by atoms with Gasteiger partial charge in [0, 0.05) is 37.5 Å². The highest BCUT2D eigenvalue weighted by Crippen LogP contribution is 2.28. The van der Waals surface area contributed by atoms with Crippen LogP contribution in [0.4, 0.5) is 19.0 Å². The van der Waals surface area contributed by atoms with Crippen molar-refractivity contribution in [1.29, 1.82) is 0 Å². The molecule has 2 aromatic carbocycles. The molecule has 1 fully saturated rings. The maximum Gasteiger partial charge on any atom is 0.225 e. The first-order chi connectivity index (χ1) is 16.5. The van der Waals surface area contributed by atoms with Gasteiger partial charge in [0.05, 0.1) is 17.0 Å². The molecule has 1 atom stereocenters. The van der Waals surface area contributed by atoms with Gasteiger partial charge in [-0.1, -0.05) is 6.07 Å². The van der Waals surface area contributed by atoms with Crippen molar-refractivity contribution < 1.29 is 18.0 Å². The number of hydrogen-bond acceptors (Lipinski definition) is 5. The van der Waals surface area contributed by atoms with Crippen molar-refractivity contribution >= 4 is 22.8 Å². The third-order valence-electron chi connectivity index (χ3n) is 5.95. The van der Waals surface area contributed by atoms with Gasteiger partial charge >= 0.3 is 0 Å². The third kappa shape index (κ3) is 4.43. The smallest absolute Gasteiger partial charge is 0.225 e. The molecule has 7 nitrogen and oxygen atoms in total. The monoisotopic (exact) mass is 466 g/mol. The van der Waals surface area contributed by atoms with Crippen LogP contribution in [0.3, 0.4) is 0 Å². The van der Waals surface area contributed by atoms with Crippen molar-refractivity contribution in [3.8, 4) is 5.69 Å². The molecule has 10 heteroatoms. The molecule has 5 rings (SSSR count). The fourth-order valence-corrected chi connectivity index (χ4v) is 4.18. The number of aromatic nitrogens is 4. The van der Waals surface area contributed by atoms with Gasteiger partial charge in [-0.2, -0.15) is 0 Å². The number of benzene rings is 2. The molecule has 1 unspecified atom stereocenters. The van der Waals surface area contributed by atoms with Gasteiger partial charge in [-0.3, -0.25) is 4.79 Å². The van der Waals surface area contributed by atoms with Crippen LogP contribution in [-0.2, 0) is 11.3 Å². The number of nitrogens with one attached hydrogen (secondary N) is 1. The van der Waals surface area contributed by atoms with Crippen molar-refractivity contribution in [2.24, 2.45) is 5.92 Å². The molecule has 2 aromatic heterocycles. The number of hydrogen-bond donors (Lipinski definition) is 1. The lowest BCUT2D eigenvalue weighted by atomic mass is 9.97. The lowest BCUT2D eigenvalue weighted by Crippen LogP contribution is -2.43. The van der Waals surface area contributed by atoms with E-state index in [1.54, 1.807) is 23.0 Å². The summed E-state index contributed by atoms with van der Waals surface area (Å²) in [4.78, 5) is 23.5. The van der Waals surface area contributed by atoms with Crippen LogP contribution < -0.4 is 10.2 Å². The molecular weight excluding hydrogens is 445 g/mol. The zero-order valence-corrected chi connectivity index (χ0v) is 18.1. The minimum atomic E-state index is -0.688. The first kappa shape index (κ1) is 21.9. The van der Waals surface area contributed by atoms with Crippen LogP contribution in [-0.4, -0.2) is 38.7 Å². The van der Waals surface area contributed by atoms with Crippen LogP contribution in [0.25, 0.3) is 16.7 Å². The molecule has 0 saturated carbocycles. The van der Waals surface area contributed by atoms with Gasteiger partial charge in [-0.05, 0) is 43.2 Å². The molecule has 1 amide bonds. The minimum absolute atomic E-state index is 0.0103. The van der Waals surface area contributed by atoms with Gasteiger partial charge in [0.1, 0.15) is 29.6 Å². The van der Waals surface area contributed by atoms with Crippen LogP contribution >= 0.6 is 0 Å². The van der Waals surface area contributed by atoms with Gasteiger partial charge < -0.3 is 10.2 Å². The van der Waals surface area contributed by atoms with E-state index in [0.717, 1.165) is 17.9 Å². The summed E-state index contributed by atoms with van der Waals surface area (Å²) in [6, 6.07) is 9.27. The Morgan fingerprint density at radius 2 is 1.85 bits per heavy atom. The molecular formula is C24H21F3N6O. The van der Waals surface area contributed by atoms with E-state index >= 15 is 0 Å². The Kier molecular flexibility index (Phi) is 5.87.